The third kappa shape index (κ3) is 1.87. The summed E-state index contributed by atoms with van der Waals surface area (Å²) < 4.78 is 0.566. The van der Waals surface area contributed by atoms with Crippen LogP contribution in [0.2, 0.25) is 0 Å². The minimum Gasteiger partial charge on any atom is -0.288 e. The number of hydrogen-bond acceptors (Lipinski definition) is 3. The monoisotopic (exact) mass is 264 g/mol. The molecule has 0 radical (unpaired) electrons. The van der Waals surface area contributed by atoms with Gasteiger partial charge in [0.25, 0.3) is 5.91 Å². The summed E-state index contributed by atoms with van der Waals surface area (Å²) in [5.74, 6) is -0.539. The maximum absolute atomic E-state index is 10.8. The van der Waals surface area contributed by atoms with Gasteiger partial charge in [0, 0.05) is 6.20 Å². The maximum atomic E-state index is 10.8. The van der Waals surface area contributed by atoms with E-state index in [-0.39, 0.29) is 0 Å². The number of halogens is 1. The quantitative estimate of drug-likeness (QED) is 0.341. The van der Waals surface area contributed by atoms with Crippen LogP contribution in [-0.4, -0.2) is 16.1 Å². The number of rotatable bonds is 1. The van der Waals surface area contributed by atoms with Crippen LogP contribution in [0.1, 0.15) is 10.4 Å². The van der Waals surface area contributed by atoms with Crippen molar-refractivity contribution in [1.82, 2.24) is 10.5 Å². The van der Waals surface area contributed by atoms with E-state index in [1.165, 1.54) is 5.48 Å². The molecule has 1 aromatic rings. The van der Waals surface area contributed by atoms with Gasteiger partial charge in [0.1, 0.15) is 3.70 Å². The molecule has 0 aromatic carbocycles. The Balaban J connectivity index is 3.03. The third-order valence-electron chi connectivity index (χ3n) is 1.11. The van der Waals surface area contributed by atoms with Crippen LogP contribution in [0.5, 0.6) is 0 Å². The Labute approximate surface area is 76.7 Å². The Kier molecular flexibility index (Phi) is 2.77. The molecule has 2 N–H and O–H groups in total. The second-order valence-electron chi connectivity index (χ2n) is 1.78. The SMILES string of the molecule is O=C(NO)c1cccnc1I. The van der Waals surface area contributed by atoms with E-state index in [1.54, 1.807) is 18.3 Å². The smallest absolute Gasteiger partial charge is 0.277 e. The molecule has 0 aliphatic carbocycles. The molecule has 58 valence electrons. The first kappa shape index (κ1) is 8.41. The second kappa shape index (κ2) is 3.63. The Bertz CT molecular complexity index is 277. The van der Waals surface area contributed by atoms with Gasteiger partial charge in [-0.15, -0.1) is 0 Å². The van der Waals surface area contributed by atoms with Crippen molar-refractivity contribution in [2.24, 2.45) is 0 Å². The highest BCUT2D eigenvalue weighted by Crippen LogP contribution is 2.06. The standard InChI is InChI=1S/C6H5IN2O2/c7-5-4(6(10)9-11)2-1-3-8-5/h1-3,11H,(H,9,10). The van der Waals surface area contributed by atoms with E-state index in [1.807, 2.05) is 22.6 Å². The lowest BCUT2D eigenvalue weighted by Crippen LogP contribution is -2.19. The van der Waals surface area contributed by atoms with Gasteiger partial charge in [-0.05, 0) is 34.7 Å². The molecule has 0 aliphatic rings. The lowest BCUT2D eigenvalue weighted by atomic mass is 10.3. The predicted molar refractivity (Wildman–Crippen MR) is 46.2 cm³/mol. The van der Waals surface area contributed by atoms with Crippen LogP contribution in [0.4, 0.5) is 0 Å². The fourth-order valence-electron chi connectivity index (χ4n) is 0.616. The van der Waals surface area contributed by atoms with E-state index in [0.29, 0.717) is 9.26 Å². The lowest BCUT2D eigenvalue weighted by molar-refractivity contribution is 0.0705. The summed E-state index contributed by atoms with van der Waals surface area (Å²) in [6.45, 7) is 0. The van der Waals surface area contributed by atoms with Crippen LogP contribution in [0.25, 0.3) is 0 Å². The van der Waals surface area contributed by atoms with E-state index in [2.05, 4.69) is 4.98 Å². The van der Waals surface area contributed by atoms with E-state index >= 15 is 0 Å². The van der Waals surface area contributed by atoms with E-state index in [9.17, 15) is 4.79 Å². The van der Waals surface area contributed by atoms with Crippen LogP contribution in [0.15, 0.2) is 18.3 Å². The van der Waals surface area contributed by atoms with Crippen LogP contribution in [0.3, 0.4) is 0 Å². The van der Waals surface area contributed by atoms with Gasteiger partial charge >= 0.3 is 0 Å². The zero-order valence-corrected chi connectivity index (χ0v) is 7.57. The number of carbonyl (C=O) groups excluding carboxylic acids is 1. The van der Waals surface area contributed by atoms with Crippen molar-refractivity contribution in [1.29, 1.82) is 0 Å². The van der Waals surface area contributed by atoms with Gasteiger partial charge in [-0.2, -0.15) is 0 Å². The average molecular weight is 264 g/mol. The zero-order chi connectivity index (χ0) is 8.27. The number of hydroxylamine groups is 1. The number of aromatic nitrogens is 1. The molecule has 1 amide bonds. The topological polar surface area (TPSA) is 62.2 Å². The molecule has 0 atom stereocenters. The highest BCUT2D eigenvalue weighted by atomic mass is 127. The van der Waals surface area contributed by atoms with Gasteiger partial charge in [0.15, 0.2) is 0 Å². The first-order valence-electron chi connectivity index (χ1n) is 2.80. The first-order chi connectivity index (χ1) is 5.25. The molecule has 0 aliphatic heterocycles. The molecule has 0 spiro atoms. The third-order valence-corrected chi connectivity index (χ3v) is 1.96. The molecule has 5 heteroatoms. The summed E-state index contributed by atoms with van der Waals surface area (Å²) in [5.41, 5.74) is 1.91. The summed E-state index contributed by atoms with van der Waals surface area (Å²) in [6, 6.07) is 3.22. The molecule has 4 nitrogen and oxygen atoms in total. The summed E-state index contributed by atoms with van der Waals surface area (Å²) in [4.78, 5) is 14.7. The molecule has 0 bridgehead atoms. The van der Waals surface area contributed by atoms with Crippen molar-refractivity contribution in [2.75, 3.05) is 0 Å². The van der Waals surface area contributed by atoms with Gasteiger partial charge in [-0.1, -0.05) is 0 Å². The average Bonchev–Trinajstić information content (AvgIpc) is 2.04. The van der Waals surface area contributed by atoms with Gasteiger partial charge in [-0.25, -0.2) is 10.5 Å². The highest BCUT2D eigenvalue weighted by molar-refractivity contribution is 14.1. The maximum Gasteiger partial charge on any atom is 0.277 e. The van der Waals surface area contributed by atoms with Crippen LogP contribution >= 0.6 is 22.6 Å². The molecule has 11 heavy (non-hydrogen) atoms. The first-order valence-corrected chi connectivity index (χ1v) is 3.88. The molecule has 0 fully saturated rings. The Morgan fingerprint density at radius 3 is 3.00 bits per heavy atom. The Morgan fingerprint density at radius 2 is 2.45 bits per heavy atom. The van der Waals surface area contributed by atoms with Crippen LogP contribution < -0.4 is 5.48 Å². The molecule has 1 heterocycles. The van der Waals surface area contributed by atoms with E-state index in [4.69, 9.17) is 5.21 Å². The van der Waals surface area contributed by atoms with Gasteiger partial charge in [-0.3, -0.25) is 10.0 Å². The molecule has 0 unspecified atom stereocenters. The number of pyridine rings is 1. The molecule has 1 aromatic heterocycles. The highest BCUT2D eigenvalue weighted by Gasteiger charge is 2.07. The summed E-state index contributed by atoms with van der Waals surface area (Å²) in [6.07, 6.45) is 1.58. The summed E-state index contributed by atoms with van der Waals surface area (Å²) in [7, 11) is 0. The number of amides is 1. The van der Waals surface area contributed by atoms with E-state index < -0.39 is 5.91 Å². The fraction of sp³-hybridized carbons (Fsp3) is 0. The minimum atomic E-state index is -0.539. The number of nitrogens with one attached hydrogen (secondary N) is 1. The van der Waals surface area contributed by atoms with Crippen molar-refractivity contribution >= 4 is 28.5 Å². The number of carbonyl (C=O) groups is 1. The van der Waals surface area contributed by atoms with Crippen molar-refractivity contribution < 1.29 is 10.0 Å². The Morgan fingerprint density at radius 1 is 1.73 bits per heavy atom. The van der Waals surface area contributed by atoms with Crippen molar-refractivity contribution in [3.8, 4) is 0 Å². The normalized spacial score (nSPS) is 9.27. The lowest BCUT2D eigenvalue weighted by Gasteiger charge is -1.98. The van der Waals surface area contributed by atoms with Crippen LogP contribution in [-0.2, 0) is 0 Å². The predicted octanol–water partition coefficient (Wildman–Crippen LogP) is 0.805. The number of nitrogens with zero attached hydrogens (tertiary/aromatic N) is 1. The number of hydrogen-bond donors (Lipinski definition) is 2. The van der Waals surface area contributed by atoms with E-state index in [0.717, 1.165) is 0 Å². The summed E-state index contributed by atoms with van der Waals surface area (Å²) in [5, 5.41) is 8.28. The molecule has 1 rings (SSSR count). The van der Waals surface area contributed by atoms with Gasteiger partial charge in [0.2, 0.25) is 0 Å². The van der Waals surface area contributed by atoms with Crippen molar-refractivity contribution in [3.63, 3.8) is 0 Å². The minimum absolute atomic E-state index is 0.371. The molecule has 0 saturated heterocycles. The van der Waals surface area contributed by atoms with Gasteiger partial charge in [0.05, 0.1) is 5.56 Å². The second-order valence-corrected chi connectivity index (χ2v) is 2.80. The molecule has 0 saturated carbocycles. The largest absolute Gasteiger partial charge is 0.288 e. The van der Waals surface area contributed by atoms with Gasteiger partial charge < -0.3 is 0 Å². The van der Waals surface area contributed by atoms with Crippen molar-refractivity contribution in [2.45, 2.75) is 0 Å². The zero-order valence-electron chi connectivity index (χ0n) is 5.41. The van der Waals surface area contributed by atoms with Crippen molar-refractivity contribution in [3.05, 3.63) is 27.6 Å². The fourth-order valence-corrected chi connectivity index (χ4v) is 1.20. The summed E-state index contributed by atoms with van der Waals surface area (Å²) >= 11 is 1.92. The van der Waals surface area contributed by atoms with Crippen LogP contribution in [0, 0.1) is 3.70 Å². The molecular formula is C6H5IN2O2. The molecular weight excluding hydrogens is 259 g/mol. The Hall–Kier alpha value is -0.690.